The summed E-state index contributed by atoms with van der Waals surface area (Å²) in [5.41, 5.74) is 11.1. The smallest absolute Gasteiger partial charge is 0.352 e. The van der Waals surface area contributed by atoms with Gasteiger partial charge in [0.1, 0.15) is 29.9 Å². The first kappa shape index (κ1) is 22.9. The molecule has 0 saturated carbocycles. The Bertz CT molecular complexity index is 992. The van der Waals surface area contributed by atoms with Crippen LogP contribution in [0.25, 0.3) is 0 Å². The molecule has 1 aromatic rings. The van der Waals surface area contributed by atoms with Gasteiger partial charge in [0.2, 0.25) is 5.91 Å². The number of carboxylic acids is 1. The Labute approximate surface area is 188 Å². The van der Waals surface area contributed by atoms with Gasteiger partial charge in [0.15, 0.2) is 10.8 Å². The van der Waals surface area contributed by atoms with E-state index in [1.54, 1.807) is 0 Å². The summed E-state index contributed by atoms with van der Waals surface area (Å²) in [4.78, 5) is 58.0. The number of carbonyl (C=O) groups excluding carboxylic acids is 3. The Morgan fingerprint density at radius 3 is 2.81 bits per heavy atom. The van der Waals surface area contributed by atoms with Crippen molar-refractivity contribution in [2.45, 2.75) is 11.4 Å². The van der Waals surface area contributed by atoms with Crippen LogP contribution >= 0.6 is 34.9 Å². The van der Waals surface area contributed by atoms with E-state index >= 15 is 0 Å². The van der Waals surface area contributed by atoms with E-state index < -0.39 is 35.1 Å². The maximum atomic E-state index is 12.7. The number of rotatable bonds is 9. The molecule has 0 bridgehead atoms. The monoisotopic (exact) mass is 486 g/mol. The summed E-state index contributed by atoms with van der Waals surface area (Å²) in [7, 11) is 1.26. The van der Waals surface area contributed by atoms with Gasteiger partial charge in [-0.05, 0) is 5.57 Å². The van der Waals surface area contributed by atoms with E-state index in [2.05, 4.69) is 15.5 Å². The first-order chi connectivity index (χ1) is 14.7. The van der Waals surface area contributed by atoms with Crippen LogP contribution in [-0.2, 0) is 24.0 Å². The molecule has 2 aliphatic heterocycles. The van der Waals surface area contributed by atoms with Gasteiger partial charge in [0.25, 0.3) is 11.8 Å². The number of carbonyl (C=O) groups is 4. The third-order valence-corrected chi connectivity index (χ3v) is 7.27. The number of fused-ring (bicyclic) bond motifs is 1. The van der Waals surface area contributed by atoms with E-state index in [1.165, 1.54) is 36.0 Å². The number of hydrogen-bond donors (Lipinski definition) is 4. The molecule has 1 fully saturated rings. The lowest BCUT2D eigenvalue weighted by molar-refractivity contribution is -0.150. The van der Waals surface area contributed by atoms with E-state index in [4.69, 9.17) is 16.3 Å². The van der Waals surface area contributed by atoms with Crippen molar-refractivity contribution in [2.24, 2.45) is 10.9 Å². The highest BCUT2D eigenvalue weighted by atomic mass is 32.2. The van der Waals surface area contributed by atoms with Crippen molar-refractivity contribution in [3.05, 3.63) is 22.3 Å². The Hall–Kier alpha value is -2.78. The number of nitrogens with zero attached hydrogens (tertiary/aromatic N) is 3. The third-order valence-electron chi connectivity index (χ3n) is 4.22. The highest BCUT2D eigenvalue weighted by Crippen LogP contribution is 2.41. The summed E-state index contributed by atoms with van der Waals surface area (Å²) in [6.45, 7) is 0. The van der Waals surface area contributed by atoms with Crippen LogP contribution < -0.4 is 16.8 Å². The van der Waals surface area contributed by atoms with E-state index in [1.807, 2.05) is 0 Å². The number of amides is 3. The van der Waals surface area contributed by atoms with Gasteiger partial charge in [-0.15, -0.1) is 34.9 Å². The van der Waals surface area contributed by atoms with E-state index in [-0.39, 0.29) is 33.7 Å². The van der Waals surface area contributed by atoms with Crippen LogP contribution in [0.1, 0.15) is 5.69 Å². The molecule has 6 N–H and O–H groups in total. The van der Waals surface area contributed by atoms with Gasteiger partial charge in [0.05, 0.1) is 5.75 Å². The number of nitrogens with one attached hydrogen (secondary N) is 1. The first-order valence-electron chi connectivity index (χ1n) is 8.64. The molecule has 15 heteroatoms. The molecule has 3 amide bonds. The Morgan fingerprint density at radius 1 is 1.48 bits per heavy atom. The number of aromatic nitrogens is 1. The Kier molecular flexibility index (Phi) is 7.07. The van der Waals surface area contributed by atoms with Crippen LogP contribution in [-0.4, -0.2) is 80.2 Å². The number of nitrogens with two attached hydrogens (primary N) is 2. The molecular formula is C16H18N6O6S3. The van der Waals surface area contributed by atoms with Crippen LogP contribution in [0.5, 0.6) is 0 Å². The van der Waals surface area contributed by atoms with Gasteiger partial charge in [-0.2, -0.15) is 0 Å². The van der Waals surface area contributed by atoms with Gasteiger partial charge in [0, 0.05) is 16.9 Å². The molecule has 1 saturated heterocycles. The standard InChI is InChI=1S/C16H18N6O6S3/c1-28-21-9(7-4-31-16(18)19-7)12(24)20-10-13(25)22-11(15(26)27)6(3-30-14(10)22)2-29-5-8(17)23/h4,10,14H,2-3,5H2,1H3,(H2,17,23)(H2,18,19)(H,20,24)(H,26,27). The van der Waals surface area contributed by atoms with Crippen molar-refractivity contribution in [1.82, 2.24) is 15.2 Å². The van der Waals surface area contributed by atoms with Crippen LogP contribution in [0.3, 0.4) is 0 Å². The van der Waals surface area contributed by atoms with Crippen LogP contribution in [0.4, 0.5) is 5.13 Å². The zero-order chi connectivity index (χ0) is 22.7. The summed E-state index contributed by atoms with van der Waals surface area (Å²) in [5, 5.41) is 17.0. The molecular weight excluding hydrogens is 468 g/mol. The predicted octanol–water partition coefficient (Wildman–Crippen LogP) is -0.967. The number of thioether (sulfide) groups is 2. The van der Waals surface area contributed by atoms with Crippen LogP contribution in [0.15, 0.2) is 21.8 Å². The fourth-order valence-corrected chi connectivity index (χ4v) is 5.78. The minimum absolute atomic E-state index is 0.0415. The summed E-state index contributed by atoms with van der Waals surface area (Å²) < 4.78 is 0. The number of aliphatic carboxylic acids is 1. The molecule has 31 heavy (non-hydrogen) atoms. The van der Waals surface area contributed by atoms with Crippen molar-refractivity contribution in [1.29, 1.82) is 0 Å². The zero-order valence-electron chi connectivity index (χ0n) is 16.1. The average molecular weight is 487 g/mol. The Balaban J connectivity index is 1.74. The molecule has 0 radical (unpaired) electrons. The van der Waals surface area contributed by atoms with E-state index in [0.29, 0.717) is 11.3 Å². The summed E-state index contributed by atoms with van der Waals surface area (Å²) in [6.07, 6.45) is 0. The largest absolute Gasteiger partial charge is 0.477 e. The minimum Gasteiger partial charge on any atom is -0.477 e. The number of anilines is 1. The molecule has 0 spiro atoms. The first-order valence-corrected chi connectivity index (χ1v) is 11.7. The van der Waals surface area contributed by atoms with Crippen molar-refractivity contribution in [2.75, 3.05) is 30.1 Å². The third kappa shape index (κ3) is 4.77. The molecule has 3 heterocycles. The topological polar surface area (TPSA) is 190 Å². The van der Waals surface area contributed by atoms with Gasteiger partial charge in [-0.25, -0.2) is 9.78 Å². The number of thiazole rings is 1. The van der Waals surface area contributed by atoms with E-state index in [0.717, 1.165) is 16.2 Å². The fourth-order valence-electron chi connectivity index (χ4n) is 2.97. The van der Waals surface area contributed by atoms with Crippen molar-refractivity contribution in [3.8, 4) is 0 Å². The number of nitrogen functional groups attached to an aromatic ring is 1. The zero-order valence-corrected chi connectivity index (χ0v) is 18.5. The molecule has 1 aromatic heterocycles. The molecule has 2 unspecified atom stereocenters. The summed E-state index contributed by atoms with van der Waals surface area (Å²) in [6, 6.07) is -0.940. The maximum absolute atomic E-state index is 12.7. The molecule has 3 rings (SSSR count). The number of primary amides is 1. The number of oxime groups is 1. The number of β-lactam (4-membered cyclic amide) rings is 1. The van der Waals surface area contributed by atoms with Gasteiger partial charge < -0.3 is 26.7 Å². The summed E-state index contributed by atoms with van der Waals surface area (Å²) >= 11 is 3.60. The lowest BCUT2D eigenvalue weighted by Gasteiger charge is -2.49. The highest BCUT2D eigenvalue weighted by molar-refractivity contribution is 8.01. The molecule has 0 aliphatic carbocycles. The lowest BCUT2D eigenvalue weighted by Crippen LogP contribution is -2.71. The molecule has 2 atom stereocenters. The van der Waals surface area contributed by atoms with Gasteiger partial charge in [-0.1, -0.05) is 5.16 Å². The molecule has 166 valence electrons. The second-order valence-corrected chi connectivity index (χ2v) is 9.25. The molecule has 0 aromatic carbocycles. The summed E-state index contributed by atoms with van der Waals surface area (Å²) in [5.74, 6) is -2.40. The van der Waals surface area contributed by atoms with Gasteiger partial charge in [-0.3, -0.25) is 19.3 Å². The second-order valence-electron chi connectivity index (χ2n) is 6.27. The van der Waals surface area contributed by atoms with Crippen LogP contribution in [0, 0.1) is 0 Å². The van der Waals surface area contributed by atoms with Crippen molar-refractivity contribution < 1.29 is 29.1 Å². The maximum Gasteiger partial charge on any atom is 0.352 e. The van der Waals surface area contributed by atoms with Crippen molar-refractivity contribution >= 4 is 69.4 Å². The normalized spacial score (nSPS) is 20.7. The lowest BCUT2D eigenvalue weighted by atomic mass is 10.0. The minimum atomic E-state index is -1.25. The second kappa shape index (κ2) is 9.57. The van der Waals surface area contributed by atoms with Crippen LogP contribution in [0.2, 0.25) is 0 Å². The highest BCUT2D eigenvalue weighted by Gasteiger charge is 2.54. The Morgan fingerprint density at radius 2 is 2.23 bits per heavy atom. The quantitative estimate of drug-likeness (QED) is 0.192. The molecule has 2 aliphatic rings. The fraction of sp³-hybridized carbons (Fsp3) is 0.375. The van der Waals surface area contributed by atoms with Crippen molar-refractivity contribution in [3.63, 3.8) is 0 Å². The SMILES string of the molecule is CON=C(C(=O)NC1C(=O)N2C(C(=O)O)=C(CSCC(N)=O)CSC12)c1csc(N)n1. The number of carboxylic acid groups (broad SMARTS) is 1. The van der Waals surface area contributed by atoms with Gasteiger partial charge >= 0.3 is 5.97 Å². The van der Waals surface area contributed by atoms with E-state index in [9.17, 15) is 24.3 Å². The molecule has 12 nitrogen and oxygen atoms in total. The number of hydrogen-bond acceptors (Lipinski definition) is 11. The average Bonchev–Trinajstić information content (AvgIpc) is 3.14. The predicted molar refractivity (Wildman–Crippen MR) is 116 cm³/mol.